The predicted octanol–water partition coefficient (Wildman–Crippen LogP) is 4.52. The summed E-state index contributed by atoms with van der Waals surface area (Å²) in [6.45, 7) is 2.57. The van der Waals surface area contributed by atoms with E-state index in [1.165, 1.54) is 17.3 Å². The summed E-state index contributed by atoms with van der Waals surface area (Å²) in [4.78, 5) is 21.3. The second-order valence-electron chi connectivity index (χ2n) is 6.06. The Balaban J connectivity index is 1.75. The number of hydrogen-bond acceptors (Lipinski definition) is 6. The third kappa shape index (κ3) is 5.10. The quantitative estimate of drug-likeness (QED) is 0.554. The smallest absolute Gasteiger partial charge is 0.344 e. The number of rotatable bonds is 7. The van der Waals surface area contributed by atoms with E-state index in [9.17, 15) is 9.90 Å². The maximum absolute atomic E-state index is 12.3. The van der Waals surface area contributed by atoms with Gasteiger partial charge in [0.15, 0.2) is 0 Å². The Labute approximate surface area is 168 Å². The molecule has 0 spiro atoms. The molecular formula is C22H22N2O3S. The van der Waals surface area contributed by atoms with Crippen LogP contribution in [-0.2, 0) is 16.0 Å². The molecular weight excluding hydrogens is 372 g/mol. The predicted molar refractivity (Wildman–Crippen MR) is 115 cm³/mol. The Kier molecular flexibility index (Phi) is 7.03. The fraction of sp³-hybridized carbons (Fsp3) is 0.227. The molecule has 1 aliphatic heterocycles. The van der Waals surface area contributed by atoms with Crippen molar-refractivity contribution >= 4 is 34.7 Å². The van der Waals surface area contributed by atoms with Gasteiger partial charge < -0.3 is 9.84 Å². The van der Waals surface area contributed by atoms with Crippen LogP contribution in [0.25, 0.3) is 0 Å². The third-order valence-corrected chi connectivity index (χ3v) is 5.18. The van der Waals surface area contributed by atoms with Gasteiger partial charge in [0.2, 0.25) is 0 Å². The van der Waals surface area contributed by atoms with Crippen LogP contribution >= 0.6 is 11.8 Å². The Morgan fingerprint density at radius 3 is 2.50 bits per heavy atom. The van der Waals surface area contributed by atoms with E-state index in [0.29, 0.717) is 17.3 Å². The van der Waals surface area contributed by atoms with Gasteiger partial charge in [-0.2, -0.15) is 0 Å². The molecule has 2 aromatic carbocycles. The lowest BCUT2D eigenvalue weighted by molar-refractivity contribution is -0.138. The van der Waals surface area contributed by atoms with Crippen molar-refractivity contribution in [3.05, 3.63) is 77.6 Å². The normalized spacial score (nSPS) is 18.2. The number of aliphatic hydroxyl groups is 1. The number of carbonyl (C=O) groups excluding carboxylic acids is 1. The van der Waals surface area contributed by atoms with Crippen LogP contribution in [0.5, 0.6) is 0 Å². The van der Waals surface area contributed by atoms with Gasteiger partial charge in [0, 0.05) is 12.8 Å². The van der Waals surface area contributed by atoms with Crippen LogP contribution in [0.15, 0.2) is 82.0 Å². The summed E-state index contributed by atoms with van der Waals surface area (Å²) in [5.74, 6) is -0.621. The minimum atomic E-state index is -0.567. The lowest BCUT2D eigenvalue weighted by atomic mass is 10.1. The van der Waals surface area contributed by atoms with Gasteiger partial charge in [-0.1, -0.05) is 60.3 Å². The van der Waals surface area contributed by atoms with Gasteiger partial charge in [0.05, 0.1) is 12.3 Å². The van der Waals surface area contributed by atoms with E-state index in [2.05, 4.69) is 22.1 Å². The van der Waals surface area contributed by atoms with Crippen LogP contribution in [0, 0.1) is 0 Å². The van der Waals surface area contributed by atoms with Crippen molar-refractivity contribution in [1.29, 1.82) is 0 Å². The fourth-order valence-electron chi connectivity index (χ4n) is 2.69. The molecule has 0 saturated heterocycles. The number of hydrogen-bond donors (Lipinski definition) is 1. The third-order valence-electron chi connectivity index (χ3n) is 4.06. The van der Waals surface area contributed by atoms with Crippen molar-refractivity contribution in [2.45, 2.75) is 18.6 Å². The minimum Gasteiger partial charge on any atom is -0.510 e. The molecule has 0 amide bonds. The van der Waals surface area contributed by atoms with E-state index in [0.717, 1.165) is 6.42 Å². The lowest BCUT2D eigenvalue weighted by Gasteiger charge is -2.04. The Morgan fingerprint density at radius 1 is 1.14 bits per heavy atom. The zero-order valence-corrected chi connectivity index (χ0v) is 16.4. The van der Waals surface area contributed by atoms with Gasteiger partial charge in [-0.05, 0) is 31.0 Å². The van der Waals surface area contributed by atoms with Crippen molar-refractivity contribution in [1.82, 2.24) is 0 Å². The first-order valence-electron chi connectivity index (χ1n) is 9.14. The number of aliphatic hydroxyl groups excluding tert-OH is 1. The lowest BCUT2D eigenvalue weighted by Crippen LogP contribution is -2.13. The maximum Gasteiger partial charge on any atom is 0.344 e. The van der Waals surface area contributed by atoms with Gasteiger partial charge in [-0.25, -0.2) is 9.79 Å². The highest BCUT2D eigenvalue weighted by molar-refractivity contribution is 8.16. The molecule has 2 aromatic rings. The number of para-hydroxylation sites is 1. The topological polar surface area (TPSA) is 71.2 Å². The van der Waals surface area contributed by atoms with Gasteiger partial charge in [-0.15, -0.1) is 0 Å². The fourth-order valence-corrected chi connectivity index (χ4v) is 3.77. The van der Waals surface area contributed by atoms with Crippen molar-refractivity contribution in [3.8, 4) is 0 Å². The monoisotopic (exact) mass is 394 g/mol. The first-order valence-corrected chi connectivity index (χ1v) is 10.0. The summed E-state index contributed by atoms with van der Waals surface area (Å²) < 4.78 is 5.10. The second-order valence-corrected chi connectivity index (χ2v) is 7.19. The number of aliphatic imine (C=N–C) groups is 2. The van der Waals surface area contributed by atoms with Crippen molar-refractivity contribution in [2.24, 2.45) is 9.98 Å². The number of ether oxygens (including phenoxy) is 1. The Morgan fingerprint density at radius 2 is 1.82 bits per heavy atom. The molecule has 0 bridgehead atoms. The average molecular weight is 394 g/mol. The van der Waals surface area contributed by atoms with Crippen molar-refractivity contribution in [2.75, 3.05) is 13.2 Å². The second kappa shape index (κ2) is 9.90. The zero-order valence-electron chi connectivity index (χ0n) is 15.6. The van der Waals surface area contributed by atoms with Gasteiger partial charge in [0.25, 0.3) is 0 Å². The summed E-state index contributed by atoms with van der Waals surface area (Å²) in [7, 11) is 0. The molecule has 0 aromatic heterocycles. The molecule has 0 unspecified atom stereocenters. The number of nitrogens with zero attached hydrogens (tertiary/aromatic N) is 2. The summed E-state index contributed by atoms with van der Waals surface area (Å²) in [5.41, 5.74) is 2.04. The van der Waals surface area contributed by atoms with Gasteiger partial charge in [-0.3, -0.25) is 4.99 Å². The van der Waals surface area contributed by atoms with Crippen molar-refractivity contribution < 1.29 is 14.6 Å². The molecule has 1 atom stereocenters. The van der Waals surface area contributed by atoms with E-state index in [4.69, 9.17) is 4.74 Å². The summed E-state index contributed by atoms with van der Waals surface area (Å²) in [6, 6.07) is 19.4. The molecule has 0 radical (unpaired) electrons. The highest BCUT2D eigenvalue weighted by Crippen LogP contribution is 2.35. The summed E-state index contributed by atoms with van der Waals surface area (Å²) in [5, 5.41) is 10.6. The highest BCUT2D eigenvalue weighted by Gasteiger charge is 2.36. The van der Waals surface area contributed by atoms with Crippen LogP contribution in [0.4, 0.5) is 5.69 Å². The molecule has 1 heterocycles. The molecule has 0 fully saturated rings. The first-order chi connectivity index (χ1) is 13.7. The molecule has 6 heteroatoms. The maximum atomic E-state index is 12.3. The Hall–Kier alpha value is -2.86. The number of benzene rings is 2. The Bertz CT molecular complexity index is 893. The first kappa shape index (κ1) is 19.9. The standard InChI is InChI=1S/C22H22N2O3S/c1-2-27-22(26)19-20(25)18(15-23-14-13-16-9-5-3-6-10-16)28-21(19)24-17-11-7-4-8-12-17/h3-12,15,18,25H,2,13-14H2,1H3/t18-/m1/s1. The molecule has 28 heavy (non-hydrogen) atoms. The number of thioether (sulfide) groups is 1. The largest absolute Gasteiger partial charge is 0.510 e. The van der Waals surface area contributed by atoms with Crippen LogP contribution in [-0.4, -0.2) is 40.7 Å². The number of carbonyl (C=O) groups is 1. The van der Waals surface area contributed by atoms with E-state index in [1.807, 2.05) is 48.5 Å². The summed E-state index contributed by atoms with van der Waals surface area (Å²) in [6.07, 6.45) is 2.49. The summed E-state index contributed by atoms with van der Waals surface area (Å²) >= 11 is 1.30. The van der Waals surface area contributed by atoms with Crippen LogP contribution in [0.3, 0.4) is 0 Å². The highest BCUT2D eigenvalue weighted by atomic mass is 32.2. The number of esters is 1. The van der Waals surface area contributed by atoms with Gasteiger partial charge in [0.1, 0.15) is 21.6 Å². The average Bonchev–Trinajstić information content (AvgIpc) is 3.02. The van der Waals surface area contributed by atoms with E-state index in [1.54, 1.807) is 13.1 Å². The van der Waals surface area contributed by atoms with E-state index >= 15 is 0 Å². The van der Waals surface area contributed by atoms with Crippen LogP contribution in [0.2, 0.25) is 0 Å². The zero-order chi connectivity index (χ0) is 19.8. The molecule has 144 valence electrons. The van der Waals surface area contributed by atoms with E-state index < -0.39 is 11.2 Å². The minimum absolute atomic E-state index is 0.0541. The molecule has 0 aliphatic carbocycles. The molecule has 5 nitrogen and oxygen atoms in total. The van der Waals surface area contributed by atoms with Crippen LogP contribution < -0.4 is 0 Å². The molecule has 0 saturated carbocycles. The molecule has 1 N–H and O–H groups in total. The SMILES string of the molecule is CCOC(=O)C1=C(O)[C@@H](C=NCCc2ccccc2)SC1=Nc1ccccc1. The van der Waals surface area contributed by atoms with Crippen LogP contribution in [0.1, 0.15) is 12.5 Å². The van der Waals surface area contributed by atoms with Gasteiger partial charge >= 0.3 is 5.97 Å². The molecule has 1 aliphatic rings. The van der Waals surface area contributed by atoms with E-state index in [-0.39, 0.29) is 17.9 Å². The molecule has 3 rings (SSSR count). The van der Waals surface area contributed by atoms with Crippen molar-refractivity contribution in [3.63, 3.8) is 0 Å².